The van der Waals surface area contributed by atoms with Crippen LogP contribution in [0.2, 0.25) is 0 Å². The highest BCUT2D eigenvalue weighted by molar-refractivity contribution is 5.83. The lowest BCUT2D eigenvalue weighted by Crippen LogP contribution is -2.35. The van der Waals surface area contributed by atoms with Gasteiger partial charge in [0, 0.05) is 25.4 Å². The van der Waals surface area contributed by atoms with E-state index in [-0.39, 0.29) is 12.0 Å². The van der Waals surface area contributed by atoms with Crippen LogP contribution in [0.15, 0.2) is 30.6 Å². The number of carbonyl (C=O) groups excluding carboxylic acids is 1. The molecule has 1 saturated carbocycles. The van der Waals surface area contributed by atoms with Gasteiger partial charge in [0.05, 0.1) is 19.4 Å². The topological polar surface area (TPSA) is 77.4 Å². The summed E-state index contributed by atoms with van der Waals surface area (Å²) < 4.78 is 13.2. The van der Waals surface area contributed by atoms with E-state index in [1.807, 2.05) is 31.4 Å². The predicted octanol–water partition coefficient (Wildman–Crippen LogP) is 2.33. The second-order valence-electron chi connectivity index (χ2n) is 6.90. The van der Waals surface area contributed by atoms with Crippen LogP contribution in [0.4, 0.5) is 0 Å². The minimum Gasteiger partial charge on any atom is -0.493 e. The Morgan fingerprint density at radius 3 is 2.74 bits per heavy atom. The molecule has 0 bridgehead atoms. The van der Waals surface area contributed by atoms with Gasteiger partial charge in [-0.05, 0) is 50.4 Å². The van der Waals surface area contributed by atoms with Crippen molar-refractivity contribution in [3.8, 4) is 11.5 Å². The van der Waals surface area contributed by atoms with Crippen molar-refractivity contribution in [3.05, 3.63) is 41.7 Å². The summed E-state index contributed by atoms with van der Waals surface area (Å²) >= 11 is 0. The van der Waals surface area contributed by atoms with Crippen molar-refractivity contribution in [2.24, 2.45) is 7.05 Å². The molecule has 1 aromatic carbocycles. The van der Waals surface area contributed by atoms with E-state index in [4.69, 9.17) is 9.47 Å². The van der Waals surface area contributed by atoms with Crippen molar-refractivity contribution >= 4 is 5.91 Å². The minimum atomic E-state index is -0.439. The van der Waals surface area contributed by atoms with Gasteiger partial charge in [0.25, 0.3) is 0 Å². The highest BCUT2D eigenvalue weighted by Gasteiger charge is 2.21. The van der Waals surface area contributed by atoms with Gasteiger partial charge in [0.15, 0.2) is 11.5 Å². The number of nitrogens with zero attached hydrogens (tertiary/aromatic N) is 2. The first-order valence-corrected chi connectivity index (χ1v) is 9.37. The molecule has 1 aliphatic carbocycles. The Kier molecular flexibility index (Phi) is 6.34. The third-order valence-corrected chi connectivity index (χ3v) is 4.90. The van der Waals surface area contributed by atoms with Gasteiger partial charge in [-0.25, -0.2) is 0 Å². The number of benzene rings is 1. The van der Waals surface area contributed by atoms with Gasteiger partial charge in [-0.1, -0.05) is 6.07 Å². The molecular formula is C20H28N4O3. The molecule has 3 rings (SSSR count). The molecule has 2 aromatic rings. The number of ether oxygens (including phenoxy) is 2. The van der Waals surface area contributed by atoms with Gasteiger partial charge in [-0.3, -0.25) is 9.48 Å². The van der Waals surface area contributed by atoms with Gasteiger partial charge in [0.1, 0.15) is 6.04 Å². The molecule has 1 aliphatic rings. The number of aryl methyl sites for hydroxylation is 1. The zero-order chi connectivity index (χ0) is 19.2. The zero-order valence-electron chi connectivity index (χ0n) is 16.2. The predicted molar refractivity (Wildman–Crippen MR) is 103 cm³/mol. The first-order valence-electron chi connectivity index (χ1n) is 9.37. The van der Waals surface area contributed by atoms with Crippen LogP contribution >= 0.6 is 0 Å². The molecule has 1 aromatic heterocycles. The number of methoxy groups -OCH3 is 1. The summed E-state index contributed by atoms with van der Waals surface area (Å²) in [6, 6.07) is 5.37. The largest absolute Gasteiger partial charge is 0.493 e. The van der Waals surface area contributed by atoms with Crippen molar-refractivity contribution in [2.75, 3.05) is 14.2 Å². The quantitative estimate of drug-likeness (QED) is 0.744. The molecule has 1 atom stereocenters. The molecule has 7 heteroatoms. The van der Waals surface area contributed by atoms with Crippen LogP contribution in [0.5, 0.6) is 11.5 Å². The van der Waals surface area contributed by atoms with Crippen LogP contribution in [0.1, 0.15) is 42.9 Å². The van der Waals surface area contributed by atoms with Crippen LogP contribution in [0, 0.1) is 0 Å². The molecule has 146 valence electrons. The molecule has 7 nitrogen and oxygen atoms in total. The second-order valence-corrected chi connectivity index (χ2v) is 6.90. The molecular weight excluding hydrogens is 344 g/mol. The highest BCUT2D eigenvalue weighted by Crippen LogP contribution is 2.32. The molecule has 0 radical (unpaired) electrons. The fraction of sp³-hybridized carbons (Fsp3) is 0.500. The van der Waals surface area contributed by atoms with E-state index in [1.54, 1.807) is 25.0 Å². The fourth-order valence-corrected chi connectivity index (χ4v) is 3.43. The molecule has 0 saturated heterocycles. The third kappa shape index (κ3) is 4.80. The molecule has 1 heterocycles. The van der Waals surface area contributed by atoms with Gasteiger partial charge in [-0.15, -0.1) is 0 Å². The number of carbonyl (C=O) groups is 1. The molecule has 2 N–H and O–H groups in total. The summed E-state index contributed by atoms with van der Waals surface area (Å²) in [4.78, 5) is 12.5. The van der Waals surface area contributed by atoms with Gasteiger partial charge >= 0.3 is 0 Å². The summed E-state index contributed by atoms with van der Waals surface area (Å²) in [5.74, 6) is 1.37. The van der Waals surface area contributed by atoms with Crippen LogP contribution < -0.4 is 20.1 Å². The van der Waals surface area contributed by atoms with E-state index >= 15 is 0 Å². The van der Waals surface area contributed by atoms with Gasteiger partial charge in [-0.2, -0.15) is 5.10 Å². The Morgan fingerprint density at radius 1 is 1.33 bits per heavy atom. The Hall–Kier alpha value is -2.54. The molecule has 27 heavy (non-hydrogen) atoms. The monoisotopic (exact) mass is 372 g/mol. The lowest BCUT2D eigenvalue weighted by Gasteiger charge is -2.17. The fourth-order valence-electron chi connectivity index (χ4n) is 3.43. The van der Waals surface area contributed by atoms with Crippen molar-refractivity contribution in [3.63, 3.8) is 0 Å². The van der Waals surface area contributed by atoms with Crippen molar-refractivity contribution in [2.45, 2.75) is 44.4 Å². The number of hydrogen-bond donors (Lipinski definition) is 2. The number of nitrogens with one attached hydrogen (secondary N) is 2. The Bertz CT molecular complexity index is 768. The number of likely N-dealkylation sites (N-methyl/N-ethyl adjacent to an activating group) is 1. The molecule has 0 spiro atoms. The van der Waals surface area contributed by atoms with Crippen LogP contribution in [-0.4, -0.2) is 35.9 Å². The molecule has 0 aliphatic heterocycles. The molecule has 1 amide bonds. The minimum absolute atomic E-state index is 0.101. The first-order chi connectivity index (χ1) is 13.1. The third-order valence-electron chi connectivity index (χ3n) is 4.90. The number of aromatic nitrogens is 2. The van der Waals surface area contributed by atoms with Crippen molar-refractivity contribution in [1.29, 1.82) is 0 Å². The summed E-state index contributed by atoms with van der Waals surface area (Å²) in [6.07, 6.45) is 8.45. The lowest BCUT2D eigenvalue weighted by atomic mass is 10.1. The van der Waals surface area contributed by atoms with E-state index in [9.17, 15) is 4.79 Å². The standard InChI is InChI=1S/C20H28N4O3/c1-21-19(15-12-23-24(2)13-15)20(25)22-11-14-8-9-17(18(10-14)26-3)27-16-6-4-5-7-16/h8-10,12-13,16,19,21H,4-7,11H2,1-3H3,(H,22,25). The number of amides is 1. The maximum absolute atomic E-state index is 12.5. The number of hydrogen-bond acceptors (Lipinski definition) is 5. The van der Waals surface area contributed by atoms with Crippen LogP contribution in [-0.2, 0) is 18.4 Å². The summed E-state index contributed by atoms with van der Waals surface area (Å²) in [5, 5.41) is 10.1. The Balaban J connectivity index is 1.62. The smallest absolute Gasteiger partial charge is 0.242 e. The van der Waals surface area contributed by atoms with Crippen LogP contribution in [0.3, 0.4) is 0 Å². The van der Waals surface area contributed by atoms with Crippen LogP contribution in [0.25, 0.3) is 0 Å². The van der Waals surface area contributed by atoms with E-state index in [1.165, 1.54) is 12.8 Å². The second kappa shape index (κ2) is 8.90. The van der Waals surface area contributed by atoms with E-state index < -0.39 is 6.04 Å². The van der Waals surface area contributed by atoms with Gasteiger partial charge < -0.3 is 20.1 Å². The molecule has 1 unspecified atom stereocenters. The van der Waals surface area contributed by atoms with E-state index in [0.29, 0.717) is 12.3 Å². The lowest BCUT2D eigenvalue weighted by molar-refractivity contribution is -0.123. The maximum Gasteiger partial charge on any atom is 0.242 e. The first kappa shape index (κ1) is 19.2. The average molecular weight is 372 g/mol. The summed E-state index contributed by atoms with van der Waals surface area (Å²) in [7, 11) is 5.23. The highest BCUT2D eigenvalue weighted by atomic mass is 16.5. The molecule has 1 fully saturated rings. The number of rotatable bonds is 8. The zero-order valence-corrected chi connectivity index (χ0v) is 16.2. The van der Waals surface area contributed by atoms with Gasteiger partial charge in [0.2, 0.25) is 5.91 Å². The van der Waals surface area contributed by atoms with Crippen molar-refractivity contribution in [1.82, 2.24) is 20.4 Å². The Morgan fingerprint density at radius 2 is 2.11 bits per heavy atom. The van der Waals surface area contributed by atoms with Crippen molar-refractivity contribution < 1.29 is 14.3 Å². The maximum atomic E-state index is 12.5. The summed E-state index contributed by atoms with van der Waals surface area (Å²) in [5.41, 5.74) is 1.79. The summed E-state index contributed by atoms with van der Waals surface area (Å²) in [6.45, 7) is 0.414. The van der Waals surface area contributed by atoms with E-state index in [2.05, 4.69) is 15.7 Å². The van der Waals surface area contributed by atoms with E-state index in [0.717, 1.165) is 29.7 Å². The SMILES string of the molecule is CNC(C(=O)NCc1ccc(OC2CCCC2)c(OC)c1)c1cnn(C)c1. The average Bonchev–Trinajstić information content (AvgIpc) is 3.33. The normalized spacial score (nSPS) is 15.5. The Labute approximate surface area is 160 Å².